The number of aryl methyl sites for hydroxylation is 9. The van der Waals surface area contributed by atoms with Crippen LogP contribution in [0.5, 0.6) is 0 Å². The molecule has 11 nitrogen and oxygen atoms in total. The second kappa shape index (κ2) is 19.4. The normalized spacial score (nSPS) is 12.3. The van der Waals surface area contributed by atoms with Crippen LogP contribution in [0.25, 0.3) is 14.2 Å². The van der Waals surface area contributed by atoms with Crippen molar-refractivity contribution < 1.29 is 46.5 Å². The van der Waals surface area contributed by atoms with Crippen molar-refractivity contribution in [3.8, 4) is 0 Å². The third-order valence-electron chi connectivity index (χ3n) is 7.62. The molecule has 3 aromatic rings. The van der Waals surface area contributed by atoms with Crippen LogP contribution in [0.4, 0.5) is 0 Å². The van der Waals surface area contributed by atoms with Gasteiger partial charge in [0.15, 0.2) is 0 Å². The first-order valence-electron chi connectivity index (χ1n) is 16.8. The molecule has 52 heavy (non-hydrogen) atoms. The minimum absolute atomic E-state index is 0. The summed E-state index contributed by atoms with van der Waals surface area (Å²) in [5.41, 5.74) is 6.48. The smallest absolute Gasteiger partial charge is 0.544 e. The Labute approximate surface area is 324 Å². The summed E-state index contributed by atoms with van der Waals surface area (Å²) >= 11 is 0. The third-order valence-corrected chi connectivity index (χ3v) is 12.7. The van der Waals surface area contributed by atoms with Crippen LogP contribution in [0.15, 0.2) is 51.1 Å². The van der Waals surface area contributed by atoms with Gasteiger partial charge in [-0.2, -0.15) is 0 Å². The first-order chi connectivity index (χ1) is 23.2. The molecule has 0 atom stereocenters. The fourth-order valence-electron chi connectivity index (χ4n) is 6.16. The average molecular weight is 823 g/mol. The van der Waals surface area contributed by atoms with E-state index in [-0.39, 0.29) is 70.7 Å². The summed E-state index contributed by atoms with van der Waals surface area (Å²) in [5.74, 6) is 0. The van der Waals surface area contributed by atoms with Gasteiger partial charge in [-0.3, -0.25) is 0 Å². The molecule has 3 aromatic carbocycles. The van der Waals surface area contributed by atoms with E-state index in [1.807, 2.05) is 20.8 Å². The molecule has 0 aliphatic carbocycles. The van der Waals surface area contributed by atoms with Crippen molar-refractivity contribution in [2.24, 2.45) is 0 Å². The van der Waals surface area contributed by atoms with Crippen molar-refractivity contribution in [2.45, 2.75) is 77.0 Å². The topological polar surface area (TPSA) is 148 Å². The Morgan fingerprint density at radius 2 is 0.615 bits per heavy atom. The molecule has 15 heteroatoms. The summed E-state index contributed by atoms with van der Waals surface area (Å²) < 4.78 is 92.1. The van der Waals surface area contributed by atoms with E-state index < -0.39 is 30.1 Å². The zero-order valence-corrected chi connectivity index (χ0v) is 36.4. The van der Waals surface area contributed by atoms with Crippen molar-refractivity contribution in [1.82, 2.24) is 4.90 Å². The van der Waals surface area contributed by atoms with Gasteiger partial charge < -0.3 is 23.5 Å². The Bertz CT molecular complexity index is 1730. The molecule has 0 unspecified atom stereocenters. The summed E-state index contributed by atoms with van der Waals surface area (Å²) in [6.07, 6.45) is 0. The maximum absolute atomic E-state index is 13.2. The van der Waals surface area contributed by atoms with E-state index in [0.29, 0.717) is 33.4 Å². The maximum Gasteiger partial charge on any atom is 3.00 e. The Kier molecular flexibility index (Phi) is 17.9. The molecule has 3 rings (SSSR count). The average Bonchev–Trinajstić information content (AvgIpc) is 2.89. The maximum atomic E-state index is 13.2. The quantitative estimate of drug-likeness (QED) is 0.156. The van der Waals surface area contributed by atoms with Gasteiger partial charge in [0.2, 0.25) is 0 Å². The predicted octanol–water partition coefficient (Wildman–Crippen LogP) is 6.67. The predicted molar refractivity (Wildman–Crippen MR) is 209 cm³/mol. The van der Waals surface area contributed by atoms with Gasteiger partial charge in [0.05, 0.1) is 42.9 Å². The molecule has 0 spiro atoms. The summed E-state index contributed by atoms with van der Waals surface area (Å²) in [6, 6.07) is 10.8. The molecule has 0 saturated carbocycles. The molecule has 0 amide bonds. The van der Waals surface area contributed by atoms with E-state index in [2.05, 4.69) is 42.4 Å². The van der Waals surface area contributed by atoms with Gasteiger partial charge in [-0.1, -0.05) is 53.1 Å². The molecule has 0 aliphatic heterocycles. The number of nitrogens with zero attached hydrogens (tertiary/aromatic N) is 5. The molecule has 0 bridgehead atoms. The van der Waals surface area contributed by atoms with Crippen LogP contribution < -0.4 is 0 Å². The van der Waals surface area contributed by atoms with Gasteiger partial charge in [0.1, 0.15) is 30.1 Å². The number of sulfonamides is 3. The minimum atomic E-state index is -3.96. The monoisotopic (exact) mass is 822 g/mol. The van der Waals surface area contributed by atoms with Crippen LogP contribution in [0.1, 0.15) is 50.1 Å². The van der Waals surface area contributed by atoms with E-state index in [1.54, 1.807) is 82.8 Å². The first kappa shape index (κ1) is 47.8. The van der Waals surface area contributed by atoms with Gasteiger partial charge in [0, 0.05) is 0 Å². The van der Waals surface area contributed by atoms with Crippen LogP contribution in [0.2, 0.25) is 0 Å². The second-order valence-electron chi connectivity index (χ2n) is 14.7. The van der Waals surface area contributed by atoms with Gasteiger partial charge in [-0.25, -0.2) is 25.3 Å². The number of rotatable bonds is 15. The fourth-order valence-corrected chi connectivity index (χ4v) is 10.3. The van der Waals surface area contributed by atoms with E-state index in [4.69, 9.17) is 0 Å². The molecular weight excluding hydrogens is 766 g/mol. The van der Waals surface area contributed by atoms with Gasteiger partial charge in [0.25, 0.3) is 0 Å². The van der Waals surface area contributed by atoms with Gasteiger partial charge >= 0.3 is 16.8 Å². The Morgan fingerprint density at radius 3 is 0.788 bits per heavy atom. The molecule has 0 fully saturated rings. The fraction of sp³-hybridized carbons (Fsp3) is 0.514. The number of hydrogen-bond acceptors (Lipinski definition) is 7. The summed E-state index contributed by atoms with van der Waals surface area (Å²) in [7, 11) is -3.38. The molecule has 0 saturated heterocycles. The molecule has 0 aliphatic rings. The van der Waals surface area contributed by atoms with Crippen molar-refractivity contribution in [1.29, 1.82) is 0 Å². The standard InChI is InChI=1S/C33H45N4O6S3.C4H12N.Co/c1-22-16-25(4)31(26(5)17-22)44(38,39)34-10-13-37(14-11-35-45(40,41)32-27(6)18-23(2)19-28(32)7)15-12-36-46(42,43)33-29(8)20-24(3)21-30(33)9;1-5(2,3)4;/h16-21H,10-15H2,1-9H3;1-4H3;/q-3;+1;+3. The van der Waals surface area contributed by atoms with Gasteiger partial charge in [-0.05, 0) is 115 Å². The number of benzene rings is 3. The summed E-state index contributed by atoms with van der Waals surface area (Å²) in [5, 5.41) is 0. The van der Waals surface area contributed by atoms with Crippen LogP contribution in [0, 0.1) is 62.3 Å². The van der Waals surface area contributed by atoms with E-state index in [9.17, 15) is 25.3 Å². The number of hydrogen-bond donors (Lipinski definition) is 0. The van der Waals surface area contributed by atoms with Crippen LogP contribution in [-0.4, -0.2) is 102 Å². The van der Waals surface area contributed by atoms with E-state index >= 15 is 0 Å². The van der Waals surface area contributed by atoms with Crippen molar-refractivity contribution in [3.05, 3.63) is 101 Å². The minimum Gasteiger partial charge on any atom is -0.544 e. The van der Waals surface area contributed by atoms with Crippen molar-refractivity contribution in [3.63, 3.8) is 0 Å². The molecule has 292 valence electrons. The molecule has 0 heterocycles. The Balaban J connectivity index is 0.00000210. The molecule has 0 N–H and O–H groups in total. The zero-order chi connectivity index (χ0) is 39.1. The van der Waals surface area contributed by atoms with Crippen LogP contribution in [-0.2, 0) is 46.8 Å². The third kappa shape index (κ3) is 14.6. The zero-order valence-electron chi connectivity index (χ0n) is 33.0. The van der Waals surface area contributed by atoms with Crippen molar-refractivity contribution >= 4 is 30.1 Å². The Morgan fingerprint density at radius 1 is 0.442 bits per heavy atom. The second-order valence-corrected chi connectivity index (χ2v) is 19.5. The molecule has 0 aromatic heterocycles. The van der Waals surface area contributed by atoms with E-state index in [0.717, 1.165) is 21.2 Å². The largest absolute Gasteiger partial charge is 3.00 e. The molecule has 0 radical (unpaired) electrons. The number of quaternary nitrogens is 1. The summed E-state index contributed by atoms with van der Waals surface area (Å²) in [4.78, 5) is 2.23. The van der Waals surface area contributed by atoms with Crippen molar-refractivity contribution in [2.75, 3.05) is 67.5 Å². The summed E-state index contributed by atoms with van der Waals surface area (Å²) in [6.45, 7) is 16.1. The van der Waals surface area contributed by atoms with Crippen LogP contribution >= 0.6 is 0 Å². The van der Waals surface area contributed by atoms with E-state index in [1.165, 1.54) is 0 Å². The van der Waals surface area contributed by atoms with Gasteiger partial charge in [-0.15, -0.1) is 19.6 Å². The molecular formula is C37H57CoN5O6S3+. The van der Waals surface area contributed by atoms with Crippen LogP contribution in [0.3, 0.4) is 0 Å². The first-order valence-corrected chi connectivity index (χ1v) is 21.1. The Hall–Kier alpha value is -2.18. The SMILES string of the molecule is C[N+](C)(C)C.Cc1cc(C)c(S(=O)(=O)[N-]CCN(CC[N-]S(=O)(=O)c2c(C)cc(C)cc2C)CC[N-]S(=O)(=O)c2c(C)cc(C)cc2C)c(C)c1.[Co+3].